The molecule has 1 aliphatic carbocycles. The van der Waals surface area contributed by atoms with Crippen LogP contribution in [-0.2, 0) is 11.2 Å². The molecule has 0 saturated heterocycles. The van der Waals surface area contributed by atoms with E-state index in [1.54, 1.807) is 0 Å². The van der Waals surface area contributed by atoms with Crippen LogP contribution in [0.15, 0.2) is 78.0 Å². The predicted octanol–water partition coefficient (Wildman–Crippen LogP) is 7.03. The van der Waals surface area contributed by atoms with Crippen molar-refractivity contribution in [2.75, 3.05) is 23.8 Å². The van der Waals surface area contributed by atoms with Gasteiger partial charge in [-0.15, -0.1) is 0 Å². The van der Waals surface area contributed by atoms with Gasteiger partial charge in [-0.3, -0.25) is 4.79 Å². The van der Waals surface area contributed by atoms with Gasteiger partial charge in [-0.1, -0.05) is 49.4 Å². The number of ketones is 1. The van der Waals surface area contributed by atoms with Gasteiger partial charge in [0.25, 0.3) is 0 Å². The molecular formula is C31H34N2O3. The quantitative estimate of drug-likeness (QED) is 0.379. The smallest absolute Gasteiger partial charge is 0.163 e. The lowest BCUT2D eigenvalue weighted by atomic mass is 9.78. The molecule has 0 saturated carbocycles. The highest BCUT2D eigenvalue weighted by molar-refractivity contribution is 6.01. The Labute approximate surface area is 213 Å². The van der Waals surface area contributed by atoms with E-state index >= 15 is 0 Å². The molecule has 2 unspecified atom stereocenters. The number of para-hydroxylation sites is 2. The molecule has 0 radical (unpaired) electrons. The molecule has 0 bridgehead atoms. The SMILES string of the molecule is CCOc1ccc(C2Nc3ccccc3NC3=C2C(=O)CC(c2ccc(CC)cc2)C3)cc1OCC. The number of Topliss-reactive ketones (excluding diaryl/α,β-unsaturated/α-hetero) is 1. The van der Waals surface area contributed by atoms with E-state index in [9.17, 15) is 4.79 Å². The molecule has 36 heavy (non-hydrogen) atoms. The highest BCUT2D eigenvalue weighted by atomic mass is 16.5. The average molecular weight is 483 g/mol. The molecule has 2 N–H and O–H groups in total. The van der Waals surface area contributed by atoms with E-state index in [4.69, 9.17) is 9.47 Å². The minimum atomic E-state index is -0.290. The van der Waals surface area contributed by atoms with Crippen LogP contribution < -0.4 is 20.1 Å². The number of anilines is 2. The summed E-state index contributed by atoms with van der Waals surface area (Å²) in [5.41, 5.74) is 7.26. The van der Waals surface area contributed by atoms with E-state index in [-0.39, 0.29) is 17.7 Å². The molecule has 5 nitrogen and oxygen atoms in total. The number of benzene rings is 3. The zero-order chi connectivity index (χ0) is 25.1. The Balaban J connectivity index is 1.57. The molecule has 1 aliphatic heterocycles. The molecule has 2 aliphatic rings. The average Bonchev–Trinajstić information content (AvgIpc) is 3.07. The van der Waals surface area contributed by atoms with Crippen molar-refractivity contribution >= 4 is 17.2 Å². The molecule has 0 amide bonds. The molecule has 0 spiro atoms. The number of hydrogen-bond acceptors (Lipinski definition) is 5. The molecule has 3 aromatic carbocycles. The molecular weight excluding hydrogens is 448 g/mol. The van der Waals surface area contributed by atoms with Crippen LogP contribution in [0.5, 0.6) is 11.5 Å². The monoisotopic (exact) mass is 482 g/mol. The second-order valence-corrected chi connectivity index (χ2v) is 9.34. The van der Waals surface area contributed by atoms with E-state index < -0.39 is 0 Å². The first-order valence-electron chi connectivity index (χ1n) is 13.0. The highest BCUT2D eigenvalue weighted by Crippen LogP contribution is 2.45. The summed E-state index contributed by atoms with van der Waals surface area (Å²) in [5, 5.41) is 7.28. The largest absolute Gasteiger partial charge is 0.490 e. The lowest BCUT2D eigenvalue weighted by Gasteiger charge is -2.30. The van der Waals surface area contributed by atoms with Gasteiger partial charge in [-0.25, -0.2) is 0 Å². The van der Waals surface area contributed by atoms with Crippen molar-refractivity contribution in [1.82, 2.24) is 0 Å². The Hall–Kier alpha value is -3.73. The van der Waals surface area contributed by atoms with Gasteiger partial charge in [0.1, 0.15) is 0 Å². The first kappa shape index (κ1) is 24.0. The summed E-state index contributed by atoms with van der Waals surface area (Å²) in [7, 11) is 0. The standard InChI is InChI=1S/C31H34N2O3/c1-4-20-11-13-21(14-12-20)23-17-26-30(27(34)18-23)31(33-25-10-8-7-9-24(25)32-26)22-15-16-28(35-5-2)29(19-22)36-6-3/h7-16,19,23,31-33H,4-6,17-18H2,1-3H3. The van der Waals surface area contributed by atoms with Crippen LogP contribution in [0, 0.1) is 0 Å². The lowest BCUT2D eigenvalue weighted by Crippen LogP contribution is -2.27. The summed E-state index contributed by atoms with van der Waals surface area (Å²) in [4.78, 5) is 13.8. The van der Waals surface area contributed by atoms with Crippen molar-refractivity contribution < 1.29 is 14.3 Å². The molecule has 5 heteroatoms. The van der Waals surface area contributed by atoms with Gasteiger partial charge < -0.3 is 20.1 Å². The first-order chi connectivity index (χ1) is 17.6. The van der Waals surface area contributed by atoms with Gasteiger partial charge in [-0.05, 0) is 73.6 Å². The molecule has 5 rings (SSSR count). The summed E-state index contributed by atoms with van der Waals surface area (Å²) in [5.74, 6) is 1.74. The topological polar surface area (TPSA) is 59.6 Å². The minimum Gasteiger partial charge on any atom is -0.490 e. The summed E-state index contributed by atoms with van der Waals surface area (Å²) >= 11 is 0. The third-order valence-corrected chi connectivity index (χ3v) is 7.07. The van der Waals surface area contributed by atoms with Crippen LogP contribution in [0.25, 0.3) is 0 Å². The summed E-state index contributed by atoms with van der Waals surface area (Å²) in [6, 6.07) is 22.6. The Morgan fingerprint density at radius 2 is 1.50 bits per heavy atom. The van der Waals surface area contributed by atoms with Crippen molar-refractivity contribution in [2.45, 2.75) is 52.0 Å². The molecule has 2 atom stereocenters. The summed E-state index contributed by atoms with van der Waals surface area (Å²) in [6.45, 7) is 7.19. The molecule has 0 aromatic heterocycles. The Morgan fingerprint density at radius 1 is 0.806 bits per heavy atom. The van der Waals surface area contributed by atoms with Crippen LogP contribution in [0.3, 0.4) is 0 Å². The van der Waals surface area contributed by atoms with Crippen molar-refractivity contribution in [3.63, 3.8) is 0 Å². The Kier molecular flexibility index (Phi) is 6.99. The number of hydrogen-bond donors (Lipinski definition) is 2. The Morgan fingerprint density at radius 3 is 2.22 bits per heavy atom. The predicted molar refractivity (Wildman–Crippen MR) is 145 cm³/mol. The second kappa shape index (κ2) is 10.5. The summed E-state index contributed by atoms with van der Waals surface area (Å²) in [6.07, 6.45) is 2.29. The fourth-order valence-electron chi connectivity index (χ4n) is 5.25. The zero-order valence-electron chi connectivity index (χ0n) is 21.3. The maximum absolute atomic E-state index is 13.8. The zero-order valence-corrected chi connectivity index (χ0v) is 21.3. The second-order valence-electron chi connectivity index (χ2n) is 9.34. The third-order valence-electron chi connectivity index (χ3n) is 7.07. The molecule has 1 heterocycles. The fraction of sp³-hybridized carbons (Fsp3) is 0.323. The van der Waals surface area contributed by atoms with Gasteiger partial charge in [0.15, 0.2) is 17.3 Å². The van der Waals surface area contributed by atoms with E-state index in [1.165, 1.54) is 11.1 Å². The van der Waals surface area contributed by atoms with Crippen LogP contribution in [0.4, 0.5) is 11.4 Å². The van der Waals surface area contributed by atoms with Gasteiger partial charge in [0.2, 0.25) is 0 Å². The van der Waals surface area contributed by atoms with Crippen LogP contribution in [-0.4, -0.2) is 19.0 Å². The Bertz CT molecular complexity index is 1280. The normalized spacial score (nSPS) is 18.9. The van der Waals surface area contributed by atoms with Crippen molar-refractivity contribution in [3.8, 4) is 11.5 Å². The number of nitrogens with one attached hydrogen (secondary N) is 2. The number of carbonyl (C=O) groups excluding carboxylic acids is 1. The van der Waals surface area contributed by atoms with Gasteiger partial charge in [0, 0.05) is 17.7 Å². The number of carbonyl (C=O) groups is 1. The van der Waals surface area contributed by atoms with Gasteiger partial charge >= 0.3 is 0 Å². The maximum Gasteiger partial charge on any atom is 0.163 e. The summed E-state index contributed by atoms with van der Waals surface area (Å²) < 4.78 is 11.7. The third kappa shape index (κ3) is 4.70. The van der Waals surface area contributed by atoms with Crippen molar-refractivity contribution in [2.24, 2.45) is 0 Å². The van der Waals surface area contributed by atoms with Gasteiger partial charge in [-0.2, -0.15) is 0 Å². The number of rotatable bonds is 7. The number of allylic oxidation sites excluding steroid dienone is 1. The van der Waals surface area contributed by atoms with Gasteiger partial charge in [0.05, 0.1) is 30.6 Å². The maximum atomic E-state index is 13.8. The van der Waals surface area contributed by atoms with Crippen LogP contribution in [0.2, 0.25) is 0 Å². The van der Waals surface area contributed by atoms with Crippen molar-refractivity contribution in [1.29, 1.82) is 0 Å². The fourth-order valence-corrected chi connectivity index (χ4v) is 5.25. The molecule has 3 aromatic rings. The minimum absolute atomic E-state index is 0.153. The highest BCUT2D eigenvalue weighted by Gasteiger charge is 2.36. The number of aryl methyl sites for hydroxylation is 1. The molecule has 0 fully saturated rings. The van der Waals surface area contributed by atoms with E-state index in [0.29, 0.717) is 25.4 Å². The number of fused-ring (bicyclic) bond motifs is 1. The van der Waals surface area contributed by atoms with Crippen LogP contribution >= 0.6 is 0 Å². The van der Waals surface area contributed by atoms with E-state index in [2.05, 4.69) is 54.0 Å². The van der Waals surface area contributed by atoms with Crippen molar-refractivity contribution in [3.05, 3.63) is 94.7 Å². The molecule has 186 valence electrons. The van der Waals surface area contributed by atoms with E-state index in [1.807, 2.05) is 44.2 Å². The number of ether oxygens (including phenoxy) is 2. The van der Waals surface area contributed by atoms with Crippen LogP contribution in [0.1, 0.15) is 62.3 Å². The van der Waals surface area contributed by atoms with E-state index in [0.717, 1.165) is 46.8 Å². The first-order valence-corrected chi connectivity index (χ1v) is 13.0. The lowest BCUT2D eigenvalue weighted by molar-refractivity contribution is -0.116.